The molecular weight excluding hydrogens is 275 g/mol. The number of nitrogens with zero attached hydrogens (tertiary/aromatic N) is 1. The van der Waals surface area contributed by atoms with E-state index in [4.69, 9.17) is 10.5 Å². The molecule has 2 N–H and O–H groups in total. The summed E-state index contributed by atoms with van der Waals surface area (Å²) in [6, 6.07) is 8.18. The van der Waals surface area contributed by atoms with Gasteiger partial charge in [0, 0.05) is 23.7 Å². The molecule has 5 nitrogen and oxygen atoms in total. The average Bonchev–Trinajstić information content (AvgIpc) is 2.43. The summed E-state index contributed by atoms with van der Waals surface area (Å²) in [6.45, 7) is 3.36. The van der Waals surface area contributed by atoms with Gasteiger partial charge in [0.05, 0.1) is 4.92 Å². The summed E-state index contributed by atoms with van der Waals surface area (Å²) in [4.78, 5) is 10.1. The molecule has 2 rings (SSSR count). The van der Waals surface area contributed by atoms with Crippen molar-refractivity contribution in [3.8, 4) is 11.5 Å². The second-order valence-corrected chi connectivity index (χ2v) is 4.78. The Morgan fingerprint density at radius 1 is 1.29 bits per heavy atom. The number of ether oxygens (including phenoxy) is 1. The largest absolute Gasteiger partial charge is 0.457 e. The minimum absolute atomic E-state index is 0.0231. The van der Waals surface area contributed by atoms with Crippen molar-refractivity contribution in [2.75, 3.05) is 0 Å². The van der Waals surface area contributed by atoms with Crippen molar-refractivity contribution < 1.29 is 14.1 Å². The van der Waals surface area contributed by atoms with Crippen molar-refractivity contribution in [3.05, 3.63) is 63.5 Å². The molecule has 2 aromatic rings. The monoisotopic (exact) mass is 290 g/mol. The van der Waals surface area contributed by atoms with Gasteiger partial charge in [-0.25, -0.2) is 4.39 Å². The van der Waals surface area contributed by atoms with Crippen LogP contribution in [-0.4, -0.2) is 4.92 Å². The van der Waals surface area contributed by atoms with Crippen LogP contribution in [0, 0.1) is 22.9 Å². The molecule has 0 heterocycles. The molecule has 0 fully saturated rings. The van der Waals surface area contributed by atoms with Crippen LogP contribution in [0.5, 0.6) is 11.5 Å². The molecule has 6 heteroatoms. The Labute approximate surface area is 121 Å². The third-order valence-corrected chi connectivity index (χ3v) is 3.06. The molecule has 0 unspecified atom stereocenters. The van der Waals surface area contributed by atoms with E-state index in [2.05, 4.69) is 0 Å². The van der Waals surface area contributed by atoms with Crippen LogP contribution in [0.3, 0.4) is 0 Å². The van der Waals surface area contributed by atoms with E-state index in [0.717, 1.165) is 0 Å². The summed E-state index contributed by atoms with van der Waals surface area (Å²) in [5.41, 5.74) is 6.77. The van der Waals surface area contributed by atoms with Gasteiger partial charge in [-0.15, -0.1) is 0 Å². The minimum atomic E-state index is -0.487. The molecule has 0 saturated carbocycles. The van der Waals surface area contributed by atoms with Crippen LogP contribution in [0.15, 0.2) is 36.4 Å². The molecule has 0 radical (unpaired) electrons. The summed E-state index contributed by atoms with van der Waals surface area (Å²) in [7, 11) is 0. The second kappa shape index (κ2) is 5.88. The standard InChI is InChI=1S/C15H15FN2O3/c1-9-7-15(13(10(2)17)8-14(9)16)21-12-5-3-11(4-6-12)18(19)20/h3-8,10H,17H2,1-2H3/t10-/m0/s1. The molecule has 1 atom stereocenters. The summed E-state index contributed by atoms with van der Waals surface area (Å²) >= 11 is 0. The number of benzene rings is 2. The van der Waals surface area contributed by atoms with Gasteiger partial charge in [0.15, 0.2) is 0 Å². The van der Waals surface area contributed by atoms with E-state index in [1.54, 1.807) is 19.9 Å². The van der Waals surface area contributed by atoms with Crippen LogP contribution in [-0.2, 0) is 0 Å². The van der Waals surface area contributed by atoms with Gasteiger partial charge in [-0.05, 0) is 43.7 Å². The number of aryl methyl sites for hydroxylation is 1. The van der Waals surface area contributed by atoms with Crippen LogP contribution in [0.2, 0.25) is 0 Å². The van der Waals surface area contributed by atoms with E-state index in [0.29, 0.717) is 22.6 Å². The van der Waals surface area contributed by atoms with Crippen LogP contribution in [0.1, 0.15) is 24.1 Å². The lowest BCUT2D eigenvalue weighted by Gasteiger charge is -2.15. The smallest absolute Gasteiger partial charge is 0.269 e. The average molecular weight is 290 g/mol. The van der Waals surface area contributed by atoms with E-state index < -0.39 is 11.0 Å². The van der Waals surface area contributed by atoms with Gasteiger partial charge >= 0.3 is 0 Å². The van der Waals surface area contributed by atoms with E-state index in [9.17, 15) is 14.5 Å². The Hall–Kier alpha value is -2.47. The first kappa shape index (κ1) is 14.9. The first-order valence-corrected chi connectivity index (χ1v) is 6.36. The highest BCUT2D eigenvalue weighted by atomic mass is 19.1. The van der Waals surface area contributed by atoms with E-state index >= 15 is 0 Å². The number of nitro groups is 1. The molecule has 0 aliphatic rings. The zero-order valence-electron chi connectivity index (χ0n) is 11.7. The Morgan fingerprint density at radius 3 is 2.43 bits per heavy atom. The third kappa shape index (κ3) is 3.35. The predicted molar refractivity (Wildman–Crippen MR) is 76.9 cm³/mol. The van der Waals surface area contributed by atoms with Gasteiger partial charge in [0.25, 0.3) is 5.69 Å². The van der Waals surface area contributed by atoms with Crippen LogP contribution in [0.25, 0.3) is 0 Å². The molecule has 0 bridgehead atoms. The van der Waals surface area contributed by atoms with Gasteiger partial charge in [0.1, 0.15) is 17.3 Å². The Balaban J connectivity index is 2.34. The first-order valence-electron chi connectivity index (χ1n) is 6.36. The number of rotatable bonds is 4. The van der Waals surface area contributed by atoms with Crippen molar-refractivity contribution >= 4 is 5.69 Å². The molecule has 0 saturated heterocycles. The van der Waals surface area contributed by atoms with E-state index in [-0.39, 0.29) is 11.5 Å². The third-order valence-electron chi connectivity index (χ3n) is 3.06. The number of halogens is 1. The maximum absolute atomic E-state index is 13.6. The second-order valence-electron chi connectivity index (χ2n) is 4.78. The van der Waals surface area contributed by atoms with Crippen molar-refractivity contribution in [1.82, 2.24) is 0 Å². The normalized spacial score (nSPS) is 12.0. The summed E-state index contributed by atoms with van der Waals surface area (Å²) in [5.74, 6) is 0.518. The molecule has 0 aromatic heterocycles. The number of nitrogens with two attached hydrogens (primary N) is 1. The Bertz CT molecular complexity index is 669. The fourth-order valence-corrected chi connectivity index (χ4v) is 1.88. The molecule has 0 aliphatic carbocycles. The van der Waals surface area contributed by atoms with Gasteiger partial charge in [0.2, 0.25) is 0 Å². The highest BCUT2D eigenvalue weighted by Crippen LogP contribution is 2.31. The van der Waals surface area contributed by atoms with Crippen LogP contribution < -0.4 is 10.5 Å². The molecule has 2 aromatic carbocycles. The first-order chi connectivity index (χ1) is 9.88. The van der Waals surface area contributed by atoms with Crippen LogP contribution in [0.4, 0.5) is 10.1 Å². The molecular formula is C15H15FN2O3. The fraction of sp³-hybridized carbons (Fsp3) is 0.200. The summed E-state index contributed by atoms with van der Waals surface area (Å²) < 4.78 is 19.3. The zero-order valence-corrected chi connectivity index (χ0v) is 11.7. The lowest BCUT2D eigenvalue weighted by molar-refractivity contribution is -0.384. The van der Waals surface area contributed by atoms with Gasteiger partial charge in [-0.2, -0.15) is 0 Å². The van der Waals surface area contributed by atoms with Crippen molar-refractivity contribution in [3.63, 3.8) is 0 Å². The highest BCUT2D eigenvalue weighted by Gasteiger charge is 2.13. The maximum atomic E-state index is 13.6. The minimum Gasteiger partial charge on any atom is -0.457 e. The number of nitro benzene ring substituents is 1. The Morgan fingerprint density at radius 2 is 1.90 bits per heavy atom. The quantitative estimate of drug-likeness (QED) is 0.685. The van der Waals surface area contributed by atoms with E-state index in [1.165, 1.54) is 30.3 Å². The van der Waals surface area contributed by atoms with Crippen molar-refractivity contribution in [1.29, 1.82) is 0 Å². The molecule has 0 aliphatic heterocycles. The molecule has 21 heavy (non-hydrogen) atoms. The molecule has 0 spiro atoms. The fourth-order valence-electron chi connectivity index (χ4n) is 1.88. The predicted octanol–water partition coefficient (Wildman–Crippen LogP) is 3.85. The topological polar surface area (TPSA) is 78.4 Å². The summed E-state index contributed by atoms with van der Waals surface area (Å²) in [5, 5.41) is 10.6. The lowest BCUT2D eigenvalue weighted by Crippen LogP contribution is -2.08. The van der Waals surface area contributed by atoms with E-state index in [1.807, 2.05) is 0 Å². The van der Waals surface area contributed by atoms with Crippen molar-refractivity contribution in [2.45, 2.75) is 19.9 Å². The molecule has 0 amide bonds. The number of non-ortho nitro benzene ring substituents is 1. The number of hydrogen-bond donors (Lipinski definition) is 1. The van der Waals surface area contributed by atoms with Crippen LogP contribution >= 0.6 is 0 Å². The number of hydrogen-bond acceptors (Lipinski definition) is 4. The Kier molecular flexibility index (Phi) is 4.18. The maximum Gasteiger partial charge on any atom is 0.269 e. The molecule has 110 valence electrons. The van der Waals surface area contributed by atoms with Crippen molar-refractivity contribution in [2.24, 2.45) is 5.73 Å². The van der Waals surface area contributed by atoms with Gasteiger partial charge < -0.3 is 10.5 Å². The summed E-state index contributed by atoms with van der Waals surface area (Å²) in [6.07, 6.45) is 0. The van der Waals surface area contributed by atoms with Gasteiger partial charge in [-0.1, -0.05) is 0 Å². The van der Waals surface area contributed by atoms with Gasteiger partial charge in [-0.3, -0.25) is 10.1 Å². The highest BCUT2D eigenvalue weighted by molar-refractivity contribution is 5.44. The lowest BCUT2D eigenvalue weighted by atomic mass is 10.1. The SMILES string of the molecule is Cc1cc(Oc2ccc([N+](=O)[O-])cc2)c([C@H](C)N)cc1F. The zero-order chi connectivity index (χ0) is 15.6.